The minimum Gasteiger partial charge on any atom is -0.302 e. The number of hydrogen-bond donors (Lipinski definition) is 0. The van der Waals surface area contributed by atoms with Crippen LogP contribution >= 0.6 is 0 Å². The third-order valence-electron chi connectivity index (χ3n) is 2.63. The van der Waals surface area contributed by atoms with E-state index >= 15 is 0 Å². The van der Waals surface area contributed by atoms with E-state index in [9.17, 15) is 4.79 Å². The maximum Gasteiger partial charge on any atom is 0.137 e. The summed E-state index contributed by atoms with van der Waals surface area (Å²) < 4.78 is 0. The molecule has 2 aliphatic rings. The van der Waals surface area contributed by atoms with E-state index in [0.29, 0.717) is 0 Å². The molecule has 0 radical (unpaired) electrons. The molecule has 1 aliphatic carbocycles. The van der Waals surface area contributed by atoms with Gasteiger partial charge in [-0.25, -0.2) is 0 Å². The van der Waals surface area contributed by atoms with Gasteiger partial charge in [0.2, 0.25) is 0 Å². The molecule has 2 fully saturated rings. The molecule has 2 rings (SSSR count). The number of aldehydes is 1. The van der Waals surface area contributed by atoms with Gasteiger partial charge in [0.05, 0.1) is 6.04 Å². The van der Waals surface area contributed by atoms with Crippen LogP contribution in [-0.4, -0.2) is 30.3 Å². The van der Waals surface area contributed by atoms with Crippen LogP contribution in [0.15, 0.2) is 0 Å². The quantitative estimate of drug-likeness (QED) is 0.469. The molecule has 0 aromatic heterocycles. The molecule has 9 heavy (non-hydrogen) atoms. The summed E-state index contributed by atoms with van der Waals surface area (Å²) in [5.74, 6) is 0.866. The summed E-state index contributed by atoms with van der Waals surface area (Å²) in [7, 11) is 2.05. The lowest BCUT2D eigenvalue weighted by Gasteiger charge is -2.15. The summed E-state index contributed by atoms with van der Waals surface area (Å²) in [4.78, 5) is 12.5. The van der Waals surface area contributed by atoms with Crippen molar-refractivity contribution in [3.63, 3.8) is 0 Å². The topological polar surface area (TPSA) is 20.3 Å². The van der Waals surface area contributed by atoms with E-state index in [4.69, 9.17) is 0 Å². The zero-order valence-electron chi connectivity index (χ0n) is 5.58. The monoisotopic (exact) mass is 125 g/mol. The number of rotatable bonds is 1. The Morgan fingerprint density at radius 2 is 2.33 bits per heavy atom. The molecule has 1 aliphatic heterocycles. The van der Waals surface area contributed by atoms with Crippen LogP contribution in [0.5, 0.6) is 0 Å². The van der Waals surface area contributed by atoms with E-state index in [1.165, 1.54) is 6.42 Å². The van der Waals surface area contributed by atoms with Crippen LogP contribution in [0, 0.1) is 5.92 Å². The maximum absolute atomic E-state index is 10.3. The zero-order chi connectivity index (χ0) is 6.43. The fourth-order valence-electron chi connectivity index (χ4n) is 1.86. The van der Waals surface area contributed by atoms with Crippen LogP contribution in [0.1, 0.15) is 12.8 Å². The molecule has 1 saturated carbocycles. The molecule has 0 aromatic carbocycles. The number of carbonyl (C=O) groups excluding carboxylic acids is 1. The Bertz CT molecular complexity index is 146. The molecule has 3 atom stereocenters. The molecule has 0 bridgehead atoms. The minimum absolute atomic E-state index is 0.244. The first-order valence-corrected chi connectivity index (χ1v) is 3.50. The number of nitrogens with zero attached hydrogens (tertiary/aromatic N) is 1. The van der Waals surface area contributed by atoms with Gasteiger partial charge in [-0.3, -0.25) is 4.90 Å². The van der Waals surface area contributed by atoms with E-state index in [0.717, 1.165) is 24.7 Å². The SMILES string of the molecule is CN1C(C=O)CC2CC21. The van der Waals surface area contributed by atoms with Gasteiger partial charge in [-0.15, -0.1) is 0 Å². The first-order valence-electron chi connectivity index (χ1n) is 3.50. The Labute approximate surface area is 54.8 Å². The van der Waals surface area contributed by atoms with Crippen LogP contribution in [0.3, 0.4) is 0 Å². The molecular weight excluding hydrogens is 114 g/mol. The van der Waals surface area contributed by atoms with E-state index in [-0.39, 0.29) is 6.04 Å². The van der Waals surface area contributed by atoms with Gasteiger partial charge >= 0.3 is 0 Å². The lowest BCUT2D eigenvalue weighted by atomic mass is 10.2. The first kappa shape index (κ1) is 5.42. The standard InChI is InChI=1S/C7H11NO/c1-8-6(4-9)2-5-3-7(5)8/h4-7H,2-3H2,1H3. The molecule has 0 spiro atoms. The fraction of sp³-hybridized carbons (Fsp3) is 0.857. The molecule has 0 N–H and O–H groups in total. The van der Waals surface area contributed by atoms with E-state index in [1.807, 2.05) is 0 Å². The summed E-state index contributed by atoms with van der Waals surface area (Å²) in [5, 5.41) is 0. The van der Waals surface area contributed by atoms with Crippen molar-refractivity contribution in [2.45, 2.75) is 24.9 Å². The predicted molar refractivity (Wildman–Crippen MR) is 34.1 cm³/mol. The molecule has 3 unspecified atom stereocenters. The Hall–Kier alpha value is -0.370. The third-order valence-corrected chi connectivity index (χ3v) is 2.63. The second kappa shape index (κ2) is 1.57. The number of likely N-dealkylation sites (N-methyl/N-ethyl adjacent to an activating group) is 1. The van der Waals surface area contributed by atoms with Crippen molar-refractivity contribution in [1.29, 1.82) is 0 Å². The summed E-state index contributed by atoms with van der Waals surface area (Å²) >= 11 is 0. The second-order valence-electron chi connectivity index (χ2n) is 3.17. The Balaban J connectivity index is 2.07. The number of fused-ring (bicyclic) bond motifs is 1. The summed E-state index contributed by atoms with van der Waals surface area (Å²) in [6.07, 6.45) is 3.53. The number of carbonyl (C=O) groups is 1. The number of hydrogen-bond acceptors (Lipinski definition) is 2. The van der Waals surface area contributed by atoms with E-state index in [2.05, 4.69) is 11.9 Å². The summed E-state index contributed by atoms with van der Waals surface area (Å²) in [6, 6.07) is 1.01. The molecule has 0 aromatic rings. The van der Waals surface area contributed by atoms with Crippen LogP contribution in [0.4, 0.5) is 0 Å². The molecule has 2 heteroatoms. The van der Waals surface area contributed by atoms with Crippen LogP contribution < -0.4 is 0 Å². The van der Waals surface area contributed by atoms with E-state index in [1.54, 1.807) is 0 Å². The van der Waals surface area contributed by atoms with Gasteiger partial charge < -0.3 is 4.79 Å². The van der Waals surface area contributed by atoms with Crippen molar-refractivity contribution in [1.82, 2.24) is 4.90 Å². The average molecular weight is 125 g/mol. The highest BCUT2D eigenvalue weighted by Crippen LogP contribution is 2.45. The molecule has 1 saturated heterocycles. The molecule has 1 heterocycles. The lowest BCUT2D eigenvalue weighted by Crippen LogP contribution is -2.29. The molecule has 2 nitrogen and oxygen atoms in total. The minimum atomic E-state index is 0.244. The summed E-state index contributed by atoms with van der Waals surface area (Å²) in [5.41, 5.74) is 0. The Morgan fingerprint density at radius 1 is 1.56 bits per heavy atom. The number of likely N-dealkylation sites (tertiary alicyclic amines) is 1. The van der Waals surface area contributed by atoms with E-state index < -0.39 is 0 Å². The highest BCUT2D eigenvalue weighted by molar-refractivity contribution is 5.59. The normalized spacial score (nSPS) is 48.8. The lowest BCUT2D eigenvalue weighted by molar-refractivity contribution is -0.111. The third kappa shape index (κ3) is 0.628. The maximum atomic E-state index is 10.3. The molecular formula is C7H11NO. The van der Waals surface area contributed by atoms with Gasteiger partial charge in [0, 0.05) is 6.04 Å². The average Bonchev–Trinajstić information content (AvgIpc) is 2.55. The van der Waals surface area contributed by atoms with Crippen LogP contribution in [0.2, 0.25) is 0 Å². The highest BCUT2D eigenvalue weighted by atomic mass is 16.1. The molecule has 50 valence electrons. The fourth-order valence-corrected chi connectivity index (χ4v) is 1.86. The van der Waals surface area contributed by atoms with Crippen molar-refractivity contribution in [3.8, 4) is 0 Å². The Morgan fingerprint density at radius 3 is 2.67 bits per heavy atom. The largest absolute Gasteiger partial charge is 0.302 e. The van der Waals surface area contributed by atoms with Gasteiger partial charge in [0.15, 0.2) is 0 Å². The number of piperidine rings is 1. The van der Waals surface area contributed by atoms with Crippen LogP contribution in [-0.2, 0) is 4.79 Å². The highest BCUT2D eigenvalue weighted by Gasteiger charge is 2.49. The zero-order valence-corrected chi connectivity index (χ0v) is 5.58. The van der Waals surface area contributed by atoms with Gasteiger partial charge in [-0.2, -0.15) is 0 Å². The van der Waals surface area contributed by atoms with Crippen molar-refractivity contribution in [2.24, 2.45) is 5.92 Å². The van der Waals surface area contributed by atoms with Crippen molar-refractivity contribution < 1.29 is 4.79 Å². The Kier molecular flexibility index (Phi) is 0.943. The van der Waals surface area contributed by atoms with Crippen molar-refractivity contribution in [2.75, 3.05) is 7.05 Å². The van der Waals surface area contributed by atoms with Crippen molar-refractivity contribution >= 4 is 6.29 Å². The first-order chi connectivity index (χ1) is 4.33. The van der Waals surface area contributed by atoms with Crippen LogP contribution in [0.25, 0.3) is 0 Å². The van der Waals surface area contributed by atoms with Gasteiger partial charge in [0.1, 0.15) is 6.29 Å². The summed E-state index contributed by atoms with van der Waals surface area (Å²) in [6.45, 7) is 0. The predicted octanol–water partition coefficient (Wildman–Crippen LogP) is 0.278. The second-order valence-corrected chi connectivity index (χ2v) is 3.17. The van der Waals surface area contributed by atoms with Gasteiger partial charge in [0.25, 0.3) is 0 Å². The van der Waals surface area contributed by atoms with Gasteiger partial charge in [-0.05, 0) is 25.8 Å². The van der Waals surface area contributed by atoms with Crippen molar-refractivity contribution in [3.05, 3.63) is 0 Å². The van der Waals surface area contributed by atoms with Gasteiger partial charge in [-0.1, -0.05) is 0 Å². The smallest absolute Gasteiger partial charge is 0.137 e. The molecule has 0 amide bonds.